The number of amides is 2. The highest BCUT2D eigenvalue weighted by Crippen LogP contribution is 2.40. The molecule has 27 heteroatoms. The molecule has 0 aromatic heterocycles. The van der Waals surface area contributed by atoms with Crippen molar-refractivity contribution in [2.45, 2.75) is 184 Å². The number of aliphatic carboxylic acids is 1. The Bertz CT molecular complexity index is 1820. The molecule has 4 aliphatic rings. The van der Waals surface area contributed by atoms with Crippen LogP contribution in [0.1, 0.15) is 97.8 Å². The number of aliphatic hydroxyl groups excluding tert-OH is 5. The first kappa shape index (κ1) is 56.0. The maximum absolute atomic E-state index is 13.9. The van der Waals surface area contributed by atoms with Crippen molar-refractivity contribution in [1.82, 2.24) is 10.6 Å². The number of carbonyl (C=O) groups is 4. The van der Waals surface area contributed by atoms with E-state index >= 15 is 0 Å². The molecule has 16 atom stereocenters. The van der Waals surface area contributed by atoms with Crippen LogP contribution in [0.4, 0.5) is 0 Å². The van der Waals surface area contributed by atoms with Gasteiger partial charge in [0.1, 0.15) is 48.4 Å². The van der Waals surface area contributed by atoms with E-state index in [1.54, 1.807) is 6.92 Å². The highest BCUT2D eigenvalue weighted by Gasteiger charge is 2.53. The van der Waals surface area contributed by atoms with Crippen molar-refractivity contribution in [3.63, 3.8) is 0 Å². The summed E-state index contributed by atoms with van der Waals surface area (Å²) in [6.07, 6.45) is -15.4. The van der Waals surface area contributed by atoms with Gasteiger partial charge in [0, 0.05) is 32.2 Å². The van der Waals surface area contributed by atoms with Crippen molar-refractivity contribution in [2.24, 2.45) is 17.8 Å². The molecule has 0 aromatic carbocycles. The first-order valence-electron chi connectivity index (χ1n) is 22.1. The SMILES string of the molecule is CCC1CC(C(=O)CCCNC(=O)[C@H](CCOS(=O)(=O)O)OS(=O)(=O)O)C[C@@H](O[C@@H]2O[C@@H](CO)[C@H](O)C(O[C@@H](CC3CCCCC3)C(=O)O)C2NC(C)=O)[C@@H]1O[C@@H]1OC(C)[C@@H](O)[C@H](O)C1O. The Labute approximate surface area is 383 Å². The van der Waals surface area contributed by atoms with E-state index in [0.29, 0.717) is 6.42 Å². The number of Topliss-reactive ketones (excluding diaryl/α,β-unsaturated/α-hetero) is 1. The molecule has 2 saturated carbocycles. The van der Waals surface area contributed by atoms with Crippen molar-refractivity contribution >= 4 is 44.4 Å². The third-order valence-electron chi connectivity index (χ3n) is 12.5. The molecular formula is C39H66N2O23S2. The topological polar surface area (TPSA) is 387 Å². The standard InChI is InChI=1S/C39H66N2O23S2/c1-4-22-16-23(24(44)11-8-13-40-36(49)25(64-66(55,56)57)12-14-58-65(52,53)54)17-26(34(22)63-39-33(48)32(47)30(45)19(2)59-39)61-38-29(41-20(3)43)35(31(46)28(18-42)62-38)60-27(37(50)51)15-21-9-6-5-7-10-21/h19,21-23,25-35,38-39,42,45-48H,4-18H2,1-3H3,(H,40,49)(H,41,43)(H,50,51)(H,52,53,54)(H,55,56,57)/t19?,22?,23?,25-,26+,27-,28-,29?,30+,31-,32-,33?,34+,35?,38+,39-/m0/s1. The van der Waals surface area contributed by atoms with Gasteiger partial charge in [-0.3, -0.25) is 23.5 Å². The zero-order valence-electron chi connectivity index (χ0n) is 36.9. The molecule has 25 nitrogen and oxygen atoms in total. The Kier molecular flexibility index (Phi) is 21.5. The summed E-state index contributed by atoms with van der Waals surface area (Å²) in [7, 11) is -10.2. The van der Waals surface area contributed by atoms with Crippen LogP contribution in [0.5, 0.6) is 0 Å². The van der Waals surface area contributed by atoms with E-state index in [1.807, 2.05) is 0 Å². The van der Waals surface area contributed by atoms with Crippen LogP contribution in [0, 0.1) is 17.8 Å². The van der Waals surface area contributed by atoms with Gasteiger partial charge in [0.25, 0.3) is 5.91 Å². The second-order valence-electron chi connectivity index (χ2n) is 17.3. The fourth-order valence-electron chi connectivity index (χ4n) is 9.05. The summed E-state index contributed by atoms with van der Waals surface area (Å²) in [5, 5.41) is 68.9. The van der Waals surface area contributed by atoms with E-state index in [2.05, 4.69) is 19.0 Å². The lowest BCUT2D eigenvalue weighted by Crippen LogP contribution is -2.67. The predicted molar refractivity (Wildman–Crippen MR) is 221 cm³/mol. The van der Waals surface area contributed by atoms with Crippen LogP contribution in [0.2, 0.25) is 0 Å². The van der Waals surface area contributed by atoms with Crippen molar-refractivity contribution in [1.29, 1.82) is 0 Å². The monoisotopic (exact) mass is 994 g/mol. The zero-order chi connectivity index (χ0) is 49.1. The molecule has 2 saturated heterocycles. The number of ether oxygens (including phenoxy) is 5. The number of aliphatic hydroxyl groups is 5. The van der Waals surface area contributed by atoms with E-state index in [4.69, 9.17) is 32.8 Å². The number of rotatable bonds is 24. The van der Waals surface area contributed by atoms with Crippen molar-refractivity contribution < 1.29 is 108 Å². The molecule has 0 bridgehead atoms. The molecule has 2 amide bonds. The van der Waals surface area contributed by atoms with Crippen LogP contribution in [-0.4, -0.2) is 186 Å². The van der Waals surface area contributed by atoms with Gasteiger partial charge in [-0.1, -0.05) is 45.4 Å². The fraction of sp³-hybridized carbons (Fsp3) is 0.897. The summed E-state index contributed by atoms with van der Waals surface area (Å²) in [6.45, 7) is 2.45. The van der Waals surface area contributed by atoms with E-state index in [-0.39, 0.29) is 50.4 Å². The van der Waals surface area contributed by atoms with E-state index in [1.165, 1.54) is 6.92 Å². The lowest BCUT2D eigenvalue weighted by atomic mass is 9.74. The minimum absolute atomic E-state index is 0.0185. The molecule has 0 spiro atoms. The summed E-state index contributed by atoms with van der Waals surface area (Å²) in [6, 6.07) is -1.41. The summed E-state index contributed by atoms with van der Waals surface area (Å²) in [5.41, 5.74) is 0. The van der Waals surface area contributed by atoms with Crippen LogP contribution in [0.3, 0.4) is 0 Å². The Balaban J connectivity index is 1.58. The molecule has 66 heavy (non-hydrogen) atoms. The molecule has 2 aliphatic carbocycles. The minimum atomic E-state index is -5.21. The van der Waals surface area contributed by atoms with Crippen LogP contribution in [0.25, 0.3) is 0 Å². The molecule has 2 aliphatic heterocycles. The Morgan fingerprint density at radius 2 is 1.52 bits per heavy atom. The normalized spacial score (nSPS) is 34.5. The number of nitrogens with one attached hydrogen (secondary N) is 2. The fourth-order valence-corrected chi connectivity index (χ4v) is 9.83. The quantitative estimate of drug-likeness (QED) is 0.0380. The summed E-state index contributed by atoms with van der Waals surface area (Å²) < 4.78 is 102. The van der Waals surface area contributed by atoms with Gasteiger partial charge in [0.15, 0.2) is 24.8 Å². The lowest BCUT2D eigenvalue weighted by molar-refractivity contribution is -0.338. The predicted octanol–water partition coefficient (Wildman–Crippen LogP) is -1.72. The number of carboxylic acid groups (broad SMARTS) is 1. The van der Waals surface area contributed by atoms with Gasteiger partial charge < -0.3 is 65.0 Å². The number of ketones is 1. The molecule has 10 N–H and O–H groups in total. The third kappa shape index (κ3) is 16.5. The lowest BCUT2D eigenvalue weighted by Gasteiger charge is -2.49. The summed E-state index contributed by atoms with van der Waals surface area (Å²) in [5.74, 6) is -4.77. The van der Waals surface area contributed by atoms with E-state index < -0.39 is 156 Å². The van der Waals surface area contributed by atoms with E-state index in [9.17, 15) is 66.7 Å². The molecule has 0 aromatic rings. The Morgan fingerprint density at radius 3 is 2.11 bits per heavy atom. The van der Waals surface area contributed by atoms with Gasteiger partial charge in [-0.05, 0) is 44.4 Å². The summed E-state index contributed by atoms with van der Waals surface area (Å²) in [4.78, 5) is 52.0. The zero-order valence-corrected chi connectivity index (χ0v) is 38.6. The van der Waals surface area contributed by atoms with Gasteiger partial charge in [0.2, 0.25) is 5.91 Å². The second-order valence-corrected chi connectivity index (χ2v) is 19.5. The molecule has 4 rings (SSSR count). The van der Waals surface area contributed by atoms with Crippen LogP contribution in [-0.2, 0) is 72.0 Å². The van der Waals surface area contributed by atoms with Gasteiger partial charge in [-0.25, -0.2) is 13.2 Å². The van der Waals surface area contributed by atoms with Gasteiger partial charge in [-0.15, -0.1) is 0 Å². The second kappa shape index (κ2) is 25.3. The molecule has 0 radical (unpaired) electrons. The van der Waals surface area contributed by atoms with Gasteiger partial charge in [0.05, 0.1) is 31.5 Å². The molecule has 4 fully saturated rings. The van der Waals surface area contributed by atoms with Crippen LogP contribution >= 0.6 is 0 Å². The number of hydrogen-bond acceptors (Lipinski definition) is 20. The molecule has 2 heterocycles. The third-order valence-corrected chi connectivity index (χ3v) is 13.4. The number of carboxylic acids is 1. The first-order chi connectivity index (χ1) is 30.9. The van der Waals surface area contributed by atoms with Crippen molar-refractivity contribution in [3.05, 3.63) is 0 Å². The summed E-state index contributed by atoms with van der Waals surface area (Å²) >= 11 is 0. The Morgan fingerprint density at radius 1 is 0.833 bits per heavy atom. The van der Waals surface area contributed by atoms with Gasteiger partial charge in [-0.2, -0.15) is 16.8 Å². The average molecular weight is 995 g/mol. The highest BCUT2D eigenvalue weighted by molar-refractivity contribution is 7.81. The van der Waals surface area contributed by atoms with E-state index in [0.717, 1.165) is 39.0 Å². The minimum Gasteiger partial charge on any atom is -0.479 e. The average Bonchev–Trinajstić information content (AvgIpc) is 3.24. The van der Waals surface area contributed by atoms with Crippen LogP contribution < -0.4 is 10.6 Å². The van der Waals surface area contributed by atoms with Gasteiger partial charge >= 0.3 is 26.8 Å². The van der Waals surface area contributed by atoms with Crippen molar-refractivity contribution in [3.8, 4) is 0 Å². The van der Waals surface area contributed by atoms with Crippen molar-refractivity contribution in [2.75, 3.05) is 19.8 Å². The maximum Gasteiger partial charge on any atom is 0.398 e. The largest absolute Gasteiger partial charge is 0.479 e. The smallest absolute Gasteiger partial charge is 0.398 e. The first-order valence-corrected chi connectivity index (χ1v) is 24.8. The number of carbonyl (C=O) groups excluding carboxylic acids is 3. The molecule has 382 valence electrons. The molecule has 6 unspecified atom stereocenters. The Hall–Kier alpha value is -2.58. The molecular weight excluding hydrogens is 929 g/mol. The highest BCUT2D eigenvalue weighted by atomic mass is 32.3. The van der Waals surface area contributed by atoms with Crippen LogP contribution in [0.15, 0.2) is 0 Å². The number of hydrogen-bond donors (Lipinski definition) is 10. The maximum atomic E-state index is 13.9.